The molecule has 0 radical (unpaired) electrons. The fourth-order valence-corrected chi connectivity index (χ4v) is 3.28. The third kappa shape index (κ3) is 1.90. The van der Waals surface area contributed by atoms with Crippen molar-refractivity contribution in [1.29, 1.82) is 0 Å². The van der Waals surface area contributed by atoms with Gasteiger partial charge in [0, 0.05) is 43.5 Å². The van der Waals surface area contributed by atoms with E-state index in [0.717, 1.165) is 35.3 Å². The molecular formula is C12H17N5S. The molecule has 0 spiro atoms. The van der Waals surface area contributed by atoms with Gasteiger partial charge in [-0.25, -0.2) is 9.97 Å². The van der Waals surface area contributed by atoms with Gasteiger partial charge in [-0.3, -0.25) is 0 Å². The van der Waals surface area contributed by atoms with Crippen LogP contribution in [-0.4, -0.2) is 45.5 Å². The monoisotopic (exact) mass is 263 g/mol. The normalized spacial score (nSPS) is 20.3. The zero-order chi connectivity index (χ0) is 12.5. The van der Waals surface area contributed by atoms with Gasteiger partial charge in [0.1, 0.15) is 5.82 Å². The lowest BCUT2D eigenvalue weighted by atomic mass is 10.3. The van der Waals surface area contributed by atoms with Gasteiger partial charge in [0.05, 0.1) is 6.20 Å². The molecule has 1 N–H and O–H groups in total. The van der Waals surface area contributed by atoms with E-state index < -0.39 is 0 Å². The average molecular weight is 263 g/mol. The predicted molar refractivity (Wildman–Crippen MR) is 76.7 cm³/mol. The van der Waals surface area contributed by atoms with E-state index in [1.54, 1.807) is 0 Å². The minimum absolute atomic E-state index is 0.504. The average Bonchev–Trinajstić information content (AvgIpc) is 2.86. The fraction of sp³-hybridized carbons (Fsp3) is 0.500. The maximum atomic E-state index is 4.69. The van der Waals surface area contributed by atoms with Gasteiger partial charge in [-0.05, 0) is 6.92 Å². The molecule has 6 heteroatoms. The first-order valence-corrected chi connectivity index (χ1v) is 7.31. The zero-order valence-electron chi connectivity index (χ0n) is 10.6. The van der Waals surface area contributed by atoms with Crippen LogP contribution < -0.4 is 10.2 Å². The molecule has 0 saturated carbocycles. The van der Waals surface area contributed by atoms with Gasteiger partial charge in [-0.1, -0.05) is 0 Å². The molecule has 1 unspecified atom stereocenters. The van der Waals surface area contributed by atoms with Crippen LogP contribution in [0.3, 0.4) is 0 Å². The number of thioether (sulfide) groups is 1. The first-order valence-electron chi connectivity index (χ1n) is 6.15. The van der Waals surface area contributed by atoms with Gasteiger partial charge in [-0.2, -0.15) is 11.8 Å². The Hall–Kier alpha value is -1.43. The van der Waals surface area contributed by atoms with Crippen molar-refractivity contribution in [2.75, 3.05) is 35.3 Å². The van der Waals surface area contributed by atoms with Crippen molar-refractivity contribution in [3.63, 3.8) is 0 Å². The van der Waals surface area contributed by atoms with E-state index in [1.807, 2.05) is 41.8 Å². The maximum Gasteiger partial charge on any atom is 0.180 e. The number of rotatable bonds is 2. The maximum absolute atomic E-state index is 4.69. The molecule has 96 valence electrons. The number of hydrogen-bond donors (Lipinski definition) is 1. The van der Waals surface area contributed by atoms with E-state index in [4.69, 9.17) is 0 Å². The molecule has 0 bridgehead atoms. The Kier molecular flexibility index (Phi) is 3.03. The zero-order valence-corrected chi connectivity index (χ0v) is 11.4. The summed E-state index contributed by atoms with van der Waals surface area (Å²) in [6, 6.07) is 0.504. The van der Waals surface area contributed by atoms with Crippen LogP contribution in [0.25, 0.3) is 5.65 Å². The summed E-state index contributed by atoms with van der Waals surface area (Å²) in [5.74, 6) is 4.17. The Morgan fingerprint density at radius 3 is 3.17 bits per heavy atom. The molecule has 5 nitrogen and oxygen atoms in total. The SMILES string of the molecule is CNc1cn2ccnc2c(N2CCSCC2C)n1. The van der Waals surface area contributed by atoms with Crippen molar-refractivity contribution in [3.8, 4) is 0 Å². The number of imidazole rings is 1. The van der Waals surface area contributed by atoms with E-state index in [9.17, 15) is 0 Å². The Morgan fingerprint density at radius 2 is 2.39 bits per heavy atom. The van der Waals surface area contributed by atoms with E-state index in [0.29, 0.717) is 6.04 Å². The van der Waals surface area contributed by atoms with Gasteiger partial charge in [0.25, 0.3) is 0 Å². The van der Waals surface area contributed by atoms with Crippen LogP contribution in [0.2, 0.25) is 0 Å². The molecular weight excluding hydrogens is 246 g/mol. The van der Waals surface area contributed by atoms with E-state index in [1.165, 1.54) is 0 Å². The molecule has 1 atom stereocenters. The van der Waals surface area contributed by atoms with Gasteiger partial charge in [-0.15, -0.1) is 0 Å². The lowest BCUT2D eigenvalue weighted by Gasteiger charge is -2.34. The summed E-state index contributed by atoms with van der Waals surface area (Å²) in [6.07, 6.45) is 5.75. The van der Waals surface area contributed by atoms with Crippen LogP contribution in [0.1, 0.15) is 6.92 Å². The Labute approximate surface area is 111 Å². The van der Waals surface area contributed by atoms with E-state index >= 15 is 0 Å². The van der Waals surface area contributed by atoms with Gasteiger partial charge in [0.2, 0.25) is 0 Å². The topological polar surface area (TPSA) is 45.5 Å². The Bertz CT molecular complexity index is 552. The van der Waals surface area contributed by atoms with E-state index in [2.05, 4.69) is 27.1 Å². The van der Waals surface area contributed by atoms with Crippen molar-refractivity contribution in [3.05, 3.63) is 18.6 Å². The highest BCUT2D eigenvalue weighted by molar-refractivity contribution is 7.99. The summed E-state index contributed by atoms with van der Waals surface area (Å²) in [5, 5.41) is 3.11. The molecule has 3 rings (SSSR count). The van der Waals surface area contributed by atoms with Gasteiger partial charge >= 0.3 is 0 Å². The van der Waals surface area contributed by atoms with Crippen LogP contribution in [0, 0.1) is 0 Å². The highest BCUT2D eigenvalue weighted by Gasteiger charge is 2.23. The van der Waals surface area contributed by atoms with Crippen molar-refractivity contribution >= 4 is 29.0 Å². The largest absolute Gasteiger partial charge is 0.372 e. The molecule has 0 aromatic carbocycles. The number of nitrogens with one attached hydrogen (secondary N) is 1. The van der Waals surface area contributed by atoms with Crippen LogP contribution >= 0.6 is 11.8 Å². The summed E-state index contributed by atoms with van der Waals surface area (Å²) >= 11 is 2.01. The van der Waals surface area contributed by atoms with Crippen molar-refractivity contribution in [2.45, 2.75) is 13.0 Å². The van der Waals surface area contributed by atoms with Crippen molar-refractivity contribution in [2.24, 2.45) is 0 Å². The lowest BCUT2D eigenvalue weighted by Crippen LogP contribution is -2.41. The Balaban J connectivity index is 2.10. The van der Waals surface area contributed by atoms with Crippen LogP contribution in [-0.2, 0) is 0 Å². The van der Waals surface area contributed by atoms with E-state index in [-0.39, 0.29) is 0 Å². The second kappa shape index (κ2) is 4.68. The minimum atomic E-state index is 0.504. The molecule has 0 aliphatic carbocycles. The summed E-state index contributed by atoms with van der Waals surface area (Å²) in [5.41, 5.74) is 0.938. The second-order valence-electron chi connectivity index (χ2n) is 4.48. The molecule has 1 aliphatic heterocycles. The van der Waals surface area contributed by atoms with Crippen LogP contribution in [0.15, 0.2) is 18.6 Å². The predicted octanol–water partition coefficient (Wildman–Crippen LogP) is 1.71. The molecule has 2 aromatic heterocycles. The third-order valence-corrected chi connectivity index (χ3v) is 4.44. The number of aromatic nitrogens is 3. The summed E-state index contributed by atoms with van der Waals surface area (Å²) in [6.45, 7) is 3.29. The molecule has 3 heterocycles. The molecule has 0 amide bonds. The molecule has 18 heavy (non-hydrogen) atoms. The standard InChI is InChI=1S/C12H17N5S/c1-9-8-18-6-5-17(9)12-11-14-3-4-16(11)7-10(13-2)15-12/h3-4,7,9,13H,5-6,8H2,1-2H3. The van der Waals surface area contributed by atoms with Gasteiger partial charge < -0.3 is 14.6 Å². The van der Waals surface area contributed by atoms with Crippen LogP contribution in [0.5, 0.6) is 0 Å². The first kappa shape index (κ1) is 11.6. The smallest absolute Gasteiger partial charge is 0.180 e. The van der Waals surface area contributed by atoms with Crippen LogP contribution in [0.4, 0.5) is 11.6 Å². The van der Waals surface area contributed by atoms with Gasteiger partial charge in [0.15, 0.2) is 11.5 Å². The number of hydrogen-bond acceptors (Lipinski definition) is 5. The number of nitrogens with zero attached hydrogens (tertiary/aromatic N) is 4. The minimum Gasteiger partial charge on any atom is -0.372 e. The quantitative estimate of drug-likeness (QED) is 0.893. The summed E-state index contributed by atoms with van der Waals surface area (Å²) < 4.78 is 2.03. The molecule has 1 fully saturated rings. The summed E-state index contributed by atoms with van der Waals surface area (Å²) in [4.78, 5) is 11.5. The second-order valence-corrected chi connectivity index (χ2v) is 5.63. The highest BCUT2D eigenvalue weighted by atomic mass is 32.2. The van der Waals surface area contributed by atoms with Crippen molar-refractivity contribution < 1.29 is 0 Å². The third-order valence-electron chi connectivity index (χ3n) is 3.25. The highest BCUT2D eigenvalue weighted by Crippen LogP contribution is 2.26. The lowest BCUT2D eigenvalue weighted by molar-refractivity contribution is 0.690. The van der Waals surface area contributed by atoms with Crippen molar-refractivity contribution in [1.82, 2.24) is 14.4 Å². The fourth-order valence-electron chi connectivity index (χ4n) is 2.27. The number of fused-ring (bicyclic) bond motifs is 1. The number of anilines is 2. The molecule has 1 aliphatic rings. The molecule has 2 aromatic rings. The molecule has 1 saturated heterocycles. The summed E-state index contributed by atoms with van der Waals surface area (Å²) in [7, 11) is 1.89. The first-order chi connectivity index (χ1) is 8.79. The Morgan fingerprint density at radius 1 is 1.50 bits per heavy atom.